The van der Waals surface area contributed by atoms with Crippen LogP contribution in [0.1, 0.15) is 5.56 Å². The fourth-order valence-corrected chi connectivity index (χ4v) is 4.41. The summed E-state index contributed by atoms with van der Waals surface area (Å²) in [6.07, 6.45) is -0.339. The summed E-state index contributed by atoms with van der Waals surface area (Å²) < 4.78 is 44.9. The van der Waals surface area contributed by atoms with E-state index < -0.39 is 21.6 Å². The number of hydrogen-bond acceptors (Lipinski definition) is 4. The van der Waals surface area contributed by atoms with Gasteiger partial charge < -0.3 is 9.84 Å². The van der Waals surface area contributed by atoms with Gasteiger partial charge in [-0.15, -0.1) is 0 Å². The van der Waals surface area contributed by atoms with E-state index in [1.807, 2.05) is 0 Å². The minimum Gasteiger partial charge on any atom is -0.497 e. The zero-order valence-corrected chi connectivity index (χ0v) is 16.8. The fourth-order valence-electron chi connectivity index (χ4n) is 2.83. The van der Waals surface area contributed by atoms with Crippen LogP contribution in [-0.2, 0) is 21.1 Å². The molecule has 3 aromatic carbocycles. The Morgan fingerprint density at radius 1 is 1.03 bits per heavy atom. The van der Waals surface area contributed by atoms with Crippen molar-refractivity contribution in [1.29, 1.82) is 0 Å². The van der Waals surface area contributed by atoms with Crippen molar-refractivity contribution < 1.29 is 27.4 Å². The van der Waals surface area contributed by atoms with Gasteiger partial charge in [0.2, 0.25) is 9.84 Å². The number of carbonyl (C=O) groups is 1. The SMILES string of the molecule is COc1cc(CC(=O)O)cc(S(=O)(=O)c2cccc(-c3ccc(F)c(Cl)c3)c2)c1. The number of ether oxygens (including phenoxy) is 1. The zero-order chi connectivity index (χ0) is 21.2. The number of methoxy groups -OCH3 is 1. The standard InChI is InChI=1S/C21H16ClFO5S/c1-28-16-7-13(9-21(24)25)8-18(12-16)29(26,27)17-4-2-3-14(10-17)15-5-6-20(23)19(22)11-15/h2-8,10-12H,9H2,1H3,(H,24,25). The summed E-state index contributed by atoms with van der Waals surface area (Å²) in [7, 11) is -2.59. The molecule has 0 saturated heterocycles. The van der Waals surface area contributed by atoms with E-state index in [1.165, 1.54) is 55.6 Å². The van der Waals surface area contributed by atoms with Crippen molar-refractivity contribution in [3.63, 3.8) is 0 Å². The summed E-state index contributed by atoms with van der Waals surface area (Å²) in [5.74, 6) is -1.41. The average Bonchev–Trinajstić information content (AvgIpc) is 2.69. The maximum Gasteiger partial charge on any atom is 0.307 e. The normalized spacial score (nSPS) is 11.3. The third-order valence-corrected chi connectivity index (χ3v) is 6.26. The van der Waals surface area contributed by atoms with Gasteiger partial charge in [-0.3, -0.25) is 4.79 Å². The van der Waals surface area contributed by atoms with Crippen LogP contribution in [0.15, 0.2) is 70.5 Å². The van der Waals surface area contributed by atoms with Crippen LogP contribution in [0.2, 0.25) is 5.02 Å². The van der Waals surface area contributed by atoms with E-state index in [9.17, 15) is 17.6 Å². The van der Waals surface area contributed by atoms with Gasteiger partial charge in [0, 0.05) is 0 Å². The Morgan fingerprint density at radius 2 is 1.76 bits per heavy atom. The van der Waals surface area contributed by atoms with Crippen LogP contribution < -0.4 is 4.74 Å². The van der Waals surface area contributed by atoms with Gasteiger partial charge in [0.05, 0.1) is 28.3 Å². The highest BCUT2D eigenvalue weighted by Gasteiger charge is 2.21. The lowest BCUT2D eigenvalue weighted by Gasteiger charge is -2.11. The van der Waals surface area contributed by atoms with E-state index >= 15 is 0 Å². The molecule has 150 valence electrons. The molecule has 0 aliphatic rings. The van der Waals surface area contributed by atoms with Gasteiger partial charge in [0.1, 0.15) is 11.6 Å². The van der Waals surface area contributed by atoms with Gasteiger partial charge in [0.25, 0.3) is 0 Å². The number of rotatable bonds is 6. The van der Waals surface area contributed by atoms with E-state index in [0.29, 0.717) is 16.7 Å². The fraction of sp³-hybridized carbons (Fsp3) is 0.0952. The van der Waals surface area contributed by atoms with Gasteiger partial charge in [-0.05, 0) is 59.2 Å². The monoisotopic (exact) mass is 434 g/mol. The highest BCUT2D eigenvalue weighted by molar-refractivity contribution is 7.91. The third kappa shape index (κ3) is 4.58. The summed E-state index contributed by atoms with van der Waals surface area (Å²) in [5, 5.41) is 8.95. The molecule has 0 atom stereocenters. The molecule has 8 heteroatoms. The number of sulfone groups is 1. The van der Waals surface area contributed by atoms with E-state index in [1.54, 1.807) is 12.1 Å². The van der Waals surface area contributed by atoms with Crippen LogP contribution in [0.5, 0.6) is 5.75 Å². The van der Waals surface area contributed by atoms with Crippen molar-refractivity contribution >= 4 is 27.4 Å². The van der Waals surface area contributed by atoms with Crippen molar-refractivity contribution in [3.8, 4) is 16.9 Å². The first-order chi connectivity index (χ1) is 13.7. The van der Waals surface area contributed by atoms with Crippen LogP contribution in [-0.4, -0.2) is 26.6 Å². The summed E-state index contributed by atoms with van der Waals surface area (Å²) in [6, 6.07) is 14.4. The first-order valence-electron chi connectivity index (χ1n) is 8.41. The van der Waals surface area contributed by atoms with Crippen molar-refractivity contribution in [2.45, 2.75) is 16.2 Å². The minimum atomic E-state index is -3.96. The quantitative estimate of drug-likeness (QED) is 0.612. The molecule has 29 heavy (non-hydrogen) atoms. The van der Waals surface area contributed by atoms with Crippen LogP contribution in [0.25, 0.3) is 11.1 Å². The molecular formula is C21H16ClFO5S. The van der Waals surface area contributed by atoms with Gasteiger partial charge in [-0.2, -0.15) is 0 Å². The molecule has 3 aromatic rings. The van der Waals surface area contributed by atoms with Crippen molar-refractivity contribution in [2.24, 2.45) is 0 Å². The maximum absolute atomic E-state index is 13.4. The third-order valence-electron chi connectivity index (χ3n) is 4.24. The maximum atomic E-state index is 13.4. The smallest absolute Gasteiger partial charge is 0.307 e. The molecule has 0 amide bonds. The van der Waals surface area contributed by atoms with Crippen LogP contribution >= 0.6 is 11.6 Å². The molecule has 1 N–H and O–H groups in total. The van der Waals surface area contributed by atoms with Crippen molar-refractivity contribution in [3.05, 3.63) is 77.1 Å². The molecule has 5 nitrogen and oxygen atoms in total. The lowest BCUT2D eigenvalue weighted by Crippen LogP contribution is -2.06. The Balaban J connectivity index is 2.08. The second-order valence-electron chi connectivity index (χ2n) is 6.25. The molecule has 0 heterocycles. The molecule has 0 fully saturated rings. The average molecular weight is 435 g/mol. The highest BCUT2D eigenvalue weighted by Crippen LogP contribution is 2.30. The molecule has 0 aliphatic heterocycles. The number of benzene rings is 3. The van der Waals surface area contributed by atoms with E-state index in [0.717, 1.165) is 0 Å². The molecule has 0 aromatic heterocycles. The zero-order valence-electron chi connectivity index (χ0n) is 15.2. The predicted molar refractivity (Wildman–Crippen MR) is 107 cm³/mol. The Kier molecular flexibility index (Phi) is 5.91. The lowest BCUT2D eigenvalue weighted by molar-refractivity contribution is -0.136. The Morgan fingerprint density at radius 3 is 2.41 bits per heavy atom. The number of aliphatic carboxylic acids is 1. The molecule has 3 rings (SSSR count). The van der Waals surface area contributed by atoms with Gasteiger partial charge in [0.15, 0.2) is 0 Å². The first-order valence-corrected chi connectivity index (χ1v) is 10.3. The minimum absolute atomic E-state index is 0.00461. The molecule has 0 aliphatic carbocycles. The molecule has 0 saturated carbocycles. The van der Waals surface area contributed by atoms with E-state index in [2.05, 4.69) is 0 Å². The molecule has 0 radical (unpaired) electrons. The van der Waals surface area contributed by atoms with Crippen molar-refractivity contribution in [1.82, 2.24) is 0 Å². The van der Waals surface area contributed by atoms with Gasteiger partial charge >= 0.3 is 5.97 Å². The van der Waals surface area contributed by atoms with E-state index in [-0.39, 0.29) is 27.0 Å². The van der Waals surface area contributed by atoms with Gasteiger partial charge in [-0.25, -0.2) is 12.8 Å². The second-order valence-corrected chi connectivity index (χ2v) is 8.60. The van der Waals surface area contributed by atoms with Crippen LogP contribution in [0.3, 0.4) is 0 Å². The summed E-state index contributed by atoms with van der Waals surface area (Å²) in [5.41, 5.74) is 1.41. The van der Waals surface area contributed by atoms with Crippen LogP contribution in [0.4, 0.5) is 4.39 Å². The molecule has 0 unspecified atom stereocenters. The number of carboxylic acid groups (broad SMARTS) is 1. The van der Waals surface area contributed by atoms with Crippen molar-refractivity contribution in [2.75, 3.05) is 7.11 Å². The summed E-state index contributed by atoms with van der Waals surface area (Å²) in [4.78, 5) is 10.9. The Bertz CT molecular complexity index is 1190. The predicted octanol–water partition coefficient (Wildman–Crippen LogP) is 4.61. The number of hydrogen-bond donors (Lipinski definition) is 1. The van der Waals surface area contributed by atoms with Gasteiger partial charge in [-0.1, -0.05) is 29.8 Å². The van der Waals surface area contributed by atoms with Crippen LogP contribution in [0, 0.1) is 5.82 Å². The highest BCUT2D eigenvalue weighted by atomic mass is 35.5. The molecule has 0 bridgehead atoms. The first kappa shape index (κ1) is 20.8. The largest absolute Gasteiger partial charge is 0.497 e. The summed E-state index contributed by atoms with van der Waals surface area (Å²) in [6.45, 7) is 0. The number of carboxylic acids is 1. The topological polar surface area (TPSA) is 80.7 Å². The summed E-state index contributed by atoms with van der Waals surface area (Å²) >= 11 is 5.83. The number of halogens is 2. The van der Waals surface area contributed by atoms with E-state index in [4.69, 9.17) is 21.4 Å². The lowest BCUT2D eigenvalue weighted by atomic mass is 10.1. The Labute approximate surface area is 172 Å². The second kappa shape index (κ2) is 8.23. The Hall–Kier alpha value is -2.90. The molecule has 0 spiro atoms. The molecular weight excluding hydrogens is 419 g/mol.